The molecule has 0 fully saturated rings. The van der Waals surface area contributed by atoms with Gasteiger partial charge >= 0.3 is 5.97 Å². The number of hydrogen-bond acceptors (Lipinski definition) is 2. The van der Waals surface area contributed by atoms with Crippen LogP contribution in [0.5, 0.6) is 0 Å². The van der Waals surface area contributed by atoms with Crippen LogP contribution in [0.25, 0.3) is 0 Å². The van der Waals surface area contributed by atoms with E-state index in [9.17, 15) is 13.6 Å². The number of aromatic nitrogens is 1. The van der Waals surface area contributed by atoms with E-state index in [0.717, 1.165) is 0 Å². The molecule has 0 saturated heterocycles. The Morgan fingerprint density at radius 1 is 1.62 bits per heavy atom. The molecule has 0 unspecified atom stereocenters. The Kier molecular flexibility index (Phi) is 4.18. The van der Waals surface area contributed by atoms with Crippen LogP contribution in [0.1, 0.15) is 28.8 Å². The van der Waals surface area contributed by atoms with Crippen LogP contribution in [0, 0.1) is 6.92 Å². The molecule has 1 N–H and O–H groups in total. The van der Waals surface area contributed by atoms with Crippen molar-refractivity contribution in [1.82, 2.24) is 4.98 Å². The third kappa shape index (κ3) is 2.66. The first-order chi connectivity index (χ1) is 7.47. The number of carboxylic acid groups (broad SMARTS) is 1. The highest BCUT2D eigenvalue weighted by atomic mass is 35.5. The molecule has 6 heteroatoms. The Labute approximate surface area is 96.1 Å². The van der Waals surface area contributed by atoms with Gasteiger partial charge in [0.1, 0.15) is 0 Å². The Morgan fingerprint density at radius 3 is 2.69 bits per heavy atom. The van der Waals surface area contributed by atoms with Gasteiger partial charge in [0.15, 0.2) is 0 Å². The molecule has 1 rings (SSSR count). The Hall–Kier alpha value is -1.23. The van der Waals surface area contributed by atoms with Gasteiger partial charge in [-0.25, -0.2) is 8.78 Å². The molecule has 88 valence electrons. The summed E-state index contributed by atoms with van der Waals surface area (Å²) in [6, 6.07) is 0. The van der Waals surface area contributed by atoms with Crippen LogP contribution in [-0.2, 0) is 17.1 Å². The summed E-state index contributed by atoms with van der Waals surface area (Å²) < 4.78 is 25.7. The van der Waals surface area contributed by atoms with E-state index < -0.39 is 18.8 Å². The van der Waals surface area contributed by atoms with E-state index in [4.69, 9.17) is 16.7 Å². The number of aliphatic carboxylic acids is 1. The summed E-state index contributed by atoms with van der Waals surface area (Å²) in [5, 5.41) is 8.66. The zero-order chi connectivity index (χ0) is 12.3. The highest BCUT2D eigenvalue weighted by Gasteiger charge is 2.21. The number of carbonyl (C=O) groups is 1. The lowest BCUT2D eigenvalue weighted by Crippen LogP contribution is -2.10. The van der Waals surface area contributed by atoms with Gasteiger partial charge in [0.25, 0.3) is 6.43 Å². The van der Waals surface area contributed by atoms with Gasteiger partial charge in [-0.05, 0) is 18.1 Å². The first kappa shape index (κ1) is 12.8. The van der Waals surface area contributed by atoms with Gasteiger partial charge in [-0.3, -0.25) is 9.78 Å². The van der Waals surface area contributed by atoms with E-state index in [1.807, 2.05) is 0 Å². The molecule has 16 heavy (non-hydrogen) atoms. The number of hydrogen-bond donors (Lipinski definition) is 1. The number of nitrogens with zero attached hydrogens (tertiary/aromatic N) is 1. The van der Waals surface area contributed by atoms with Crippen LogP contribution < -0.4 is 0 Å². The molecule has 0 aliphatic heterocycles. The number of rotatable bonds is 4. The second-order valence-electron chi connectivity index (χ2n) is 3.27. The molecule has 0 amide bonds. The molecular weight excluding hydrogens is 240 g/mol. The van der Waals surface area contributed by atoms with E-state index >= 15 is 0 Å². The first-order valence-corrected chi connectivity index (χ1v) is 5.04. The predicted octanol–water partition coefficient (Wildman–Crippen LogP) is 2.69. The normalized spacial score (nSPS) is 10.8. The van der Waals surface area contributed by atoms with Gasteiger partial charge in [0.2, 0.25) is 0 Å². The van der Waals surface area contributed by atoms with Crippen LogP contribution in [0.4, 0.5) is 8.78 Å². The maximum absolute atomic E-state index is 12.8. The summed E-state index contributed by atoms with van der Waals surface area (Å²) in [4.78, 5) is 14.5. The molecule has 0 radical (unpaired) electrons. The van der Waals surface area contributed by atoms with Gasteiger partial charge < -0.3 is 5.11 Å². The van der Waals surface area contributed by atoms with E-state index in [1.54, 1.807) is 0 Å². The average molecular weight is 250 g/mol. The second-order valence-corrected chi connectivity index (χ2v) is 3.53. The van der Waals surface area contributed by atoms with Crippen LogP contribution in [0.3, 0.4) is 0 Å². The van der Waals surface area contributed by atoms with Crippen LogP contribution >= 0.6 is 11.6 Å². The first-order valence-electron chi connectivity index (χ1n) is 4.50. The highest BCUT2D eigenvalue weighted by molar-refractivity contribution is 6.17. The van der Waals surface area contributed by atoms with Gasteiger partial charge in [0, 0.05) is 23.3 Å². The molecule has 1 heterocycles. The van der Waals surface area contributed by atoms with E-state index in [2.05, 4.69) is 4.98 Å². The van der Waals surface area contributed by atoms with E-state index in [0.29, 0.717) is 5.69 Å². The number of aryl methyl sites for hydroxylation is 1. The molecule has 1 aromatic heterocycles. The van der Waals surface area contributed by atoms with Gasteiger partial charge in [-0.15, -0.1) is 11.6 Å². The fraction of sp³-hybridized carbons (Fsp3) is 0.400. The van der Waals surface area contributed by atoms with Crippen molar-refractivity contribution in [2.24, 2.45) is 0 Å². The Morgan fingerprint density at radius 2 is 2.25 bits per heavy atom. The van der Waals surface area contributed by atoms with Crippen LogP contribution in [0.2, 0.25) is 0 Å². The summed E-state index contributed by atoms with van der Waals surface area (Å²) in [7, 11) is 0. The molecule has 0 aliphatic carbocycles. The van der Waals surface area contributed by atoms with Crippen molar-refractivity contribution in [3.63, 3.8) is 0 Å². The van der Waals surface area contributed by atoms with Crippen molar-refractivity contribution in [2.75, 3.05) is 0 Å². The molecule has 0 spiro atoms. The maximum atomic E-state index is 12.8. The minimum atomic E-state index is -2.75. The lowest BCUT2D eigenvalue weighted by molar-refractivity contribution is -0.136. The predicted molar refractivity (Wildman–Crippen MR) is 54.8 cm³/mol. The minimum absolute atomic E-state index is 0.0562. The largest absolute Gasteiger partial charge is 0.481 e. The van der Waals surface area contributed by atoms with Crippen LogP contribution in [-0.4, -0.2) is 16.1 Å². The van der Waals surface area contributed by atoms with Gasteiger partial charge in [-0.1, -0.05) is 0 Å². The molecule has 0 bridgehead atoms. The number of halogens is 3. The maximum Gasteiger partial charge on any atom is 0.307 e. The quantitative estimate of drug-likeness (QED) is 0.835. The van der Waals surface area contributed by atoms with Crippen molar-refractivity contribution >= 4 is 17.6 Å². The van der Waals surface area contributed by atoms with Crippen molar-refractivity contribution in [1.29, 1.82) is 0 Å². The van der Waals surface area contributed by atoms with Gasteiger partial charge in [-0.2, -0.15) is 0 Å². The third-order valence-electron chi connectivity index (χ3n) is 2.21. The molecule has 1 aromatic rings. The summed E-state index contributed by atoms with van der Waals surface area (Å²) in [6.07, 6.45) is -1.96. The third-order valence-corrected chi connectivity index (χ3v) is 2.50. The molecule has 3 nitrogen and oxygen atoms in total. The number of carboxylic acids is 1. The zero-order valence-electron chi connectivity index (χ0n) is 8.51. The van der Waals surface area contributed by atoms with E-state index in [-0.39, 0.29) is 22.6 Å². The summed E-state index contributed by atoms with van der Waals surface area (Å²) >= 11 is 5.52. The Balaban J connectivity index is 3.35. The van der Waals surface area contributed by atoms with Crippen molar-refractivity contribution < 1.29 is 18.7 Å². The summed E-state index contributed by atoms with van der Waals surface area (Å²) in [6.45, 7) is 1.50. The minimum Gasteiger partial charge on any atom is -0.481 e. The molecule has 0 aromatic carbocycles. The van der Waals surface area contributed by atoms with Gasteiger partial charge in [0.05, 0.1) is 6.42 Å². The number of pyridine rings is 1. The monoisotopic (exact) mass is 249 g/mol. The van der Waals surface area contributed by atoms with Crippen molar-refractivity contribution in [2.45, 2.75) is 25.7 Å². The number of alkyl halides is 3. The highest BCUT2D eigenvalue weighted by Crippen LogP contribution is 2.29. The SMILES string of the molecule is Cc1ncc(CCl)c(C(F)F)c1CC(=O)O. The van der Waals surface area contributed by atoms with Crippen LogP contribution in [0.15, 0.2) is 6.20 Å². The standard InChI is InChI=1S/C10H10ClF2NO2/c1-5-7(2-8(15)16)9(10(12)13)6(3-11)4-14-5/h4,10H,2-3H2,1H3,(H,15,16). The summed E-state index contributed by atoms with van der Waals surface area (Å²) in [5.74, 6) is -1.28. The van der Waals surface area contributed by atoms with Crippen molar-refractivity contribution in [3.8, 4) is 0 Å². The molecule has 0 atom stereocenters. The van der Waals surface area contributed by atoms with E-state index in [1.165, 1.54) is 13.1 Å². The molecule has 0 saturated carbocycles. The fourth-order valence-electron chi connectivity index (χ4n) is 1.46. The smallest absolute Gasteiger partial charge is 0.307 e. The zero-order valence-corrected chi connectivity index (χ0v) is 9.26. The fourth-order valence-corrected chi connectivity index (χ4v) is 1.68. The lowest BCUT2D eigenvalue weighted by Gasteiger charge is -2.13. The lowest BCUT2D eigenvalue weighted by atomic mass is 10.00. The second kappa shape index (κ2) is 5.21. The average Bonchev–Trinajstić information content (AvgIpc) is 2.19. The summed E-state index contributed by atoms with van der Waals surface area (Å²) in [5.41, 5.74) is 0.232. The molecular formula is C10H10ClF2NO2. The Bertz CT molecular complexity index is 410. The molecule has 0 aliphatic rings. The van der Waals surface area contributed by atoms with Crippen molar-refractivity contribution in [3.05, 3.63) is 28.6 Å². The topological polar surface area (TPSA) is 50.2 Å².